The van der Waals surface area contributed by atoms with Crippen LogP contribution in [0.5, 0.6) is 0 Å². The van der Waals surface area contributed by atoms with Gasteiger partial charge in [0.2, 0.25) is 0 Å². The molecule has 1 amide bonds. The van der Waals surface area contributed by atoms with Crippen LogP contribution in [-0.4, -0.2) is 32.1 Å². The number of anilines is 2. The van der Waals surface area contributed by atoms with Gasteiger partial charge in [0, 0.05) is 17.6 Å². The molecule has 25 heavy (non-hydrogen) atoms. The zero-order valence-electron chi connectivity index (χ0n) is 13.9. The second kappa shape index (κ2) is 7.70. The van der Waals surface area contributed by atoms with Gasteiger partial charge in [0.05, 0.1) is 29.6 Å². The molecule has 130 valence electrons. The normalized spacial score (nSPS) is 13.6. The molecular formula is C19H19BrN2O3. The van der Waals surface area contributed by atoms with Crippen molar-refractivity contribution in [1.29, 1.82) is 0 Å². The van der Waals surface area contributed by atoms with Crippen LogP contribution >= 0.6 is 15.9 Å². The minimum atomic E-state index is -0.427. The molecule has 0 bridgehead atoms. The van der Waals surface area contributed by atoms with E-state index in [1.807, 2.05) is 24.3 Å². The van der Waals surface area contributed by atoms with Crippen LogP contribution < -0.4 is 10.2 Å². The van der Waals surface area contributed by atoms with Gasteiger partial charge in [0.15, 0.2) is 0 Å². The molecule has 0 unspecified atom stereocenters. The zero-order chi connectivity index (χ0) is 17.8. The van der Waals surface area contributed by atoms with Gasteiger partial charge in [-0.1, -0.05) is 12.1 Å². The molecule has 1 aliphatic rings. The molecule has 2 aromatic rings. The van der Waals surface area contributed by atoms with Gasteiger partial charge in [-0.15, -0.1) is 0 Å². The largest absolute Gasteiger partial charge is 0.465 e. The number of nitrogens with one attached hydrogen (secondary N) is 1. The van der Waals surface area contributed by atoms with Crippen molar-refractivity contribution in [3.05, 3.63) is 58.1 Å². The topological polar surface area (TPSA) is 58.6 Å². The van der Waals surface area contributed by atoms with Crippen LogP contribution in [0.25, 0.3) is 0 Å². The summed E-state index contributed by atoms with van der Waals surface area (Å²) in [4.78, 5) is 26.7. The highest BCUT2D eigenvalue weighted by Crippen LogP contribution is 2.31. The van der Waals surface area contributed by atoms with E-state index >= 15 is 0 Å². The van der Waals surface area contributed by atoms with Crippen molar-refractivity contribution in [2.75, 3.05) is 30.4 Å². The van der Waals surface area contributed by atoms with Crippen LogP contribution in [0.15, 0.2) is 46.9 Å². The summed E-state index contributed by atoms with van der Waals surface area (Å²) in [7, 11) is 1.34. The molecule has 5 nitrogen and oxygen atoms in total. The summed E-state index contributed by atoms with van der Waals surface area (Å²) in [5.74, 6) is -0.653. The van der Waals surface area contributed by atoms with E-state index < -0.39 is 5.97 Å². The number of hydrogen-bond acceptors (Lipinski definition) is 4. The van der Waals surface area contributed by atoms with Crippen molar-refractivity contribution in [2.24, 2.45) is 0 Å². The number of benzene rings is 2. The van der Waals surface area contributed by atoms with E-state index in [2.05, 4.69) is 26.1 Å². The van der Waals surface area contributed by atoms with E-state index in [-0.39, 0.29) is 5.91 Å². The molecule has 2 aromatic carbocycles. The third-order valence-corrected chi connectivity index (χ3v) is 4.92. The third-order valence-electron chi connectivity index (χ3n) is 4.23. The number of carbonyl (C=O) groups excluding carboxylic acids is 2. The molecule has 0 atom stereocenters. The highest BCUT2D eigenvalue weighted by Gasteiger charge is 2.20. The summed E-state index contributed by atoms with van der Waals surface area (Å²) >= 11 is 3.40. The van der Waals surface area contributed by atoms with E-state index in [1.54, 1.807) is 18.2 Å². The van der Waals surface area contributed by atoms with Crippen LogP contribution in [-0.2, 0) is 4.74 Å². The fraction of sp³-hybridized carbons (Fsp3) is 0.263. The SMILES string of the molecule is COC(=O)c1ccc(N2CCCC2)c(NC(=O)c2ccccc2Br)c1. The summed E-state index contributed by atoms with van der Waals surface area (Å²) in [6.07, 6.45) is 2.24. The molecule has 0 aliphatic carbocycles. The predicted molar refractivity (Wildman–Crippen MR) is 101 cm³/mol. The van der Waals surface area contributed by atoms with E-state index in [0.29, 0.717) is 16.8 Å². The molecule has 0 aromatic heterocycles. The third kappa shape index (κ3) is 3.85. The Kier molecular flexibility index (Phi) is 5.38. The number of hydrogen-bond donors (Lipinski definition) is 1. The Morgan fingerprint density at radius 3 is 2.52 bits per heavy atom. The number of ether oxygens (including phenoxy) is 1. The van der Waals surface area contributed by atoms with Crippen LogP contribution in [0.2, 0.25) is 0 Å². The molecule has 6 heteroatoms. The molecule has 1 heterocycles. The van der Waals surface area contributed by atoms with Gasteiger partial charge in [-0.25, -0.2) is 4.79 Å². The van der Waals surface area contributed by atoms with Crippen LogP contribution in [0.4, 0.5) is 11.4 Å². The lowest BCUT2D eigenvalue weighted by atomic mass is 10.1. The Morgan fingerprint density at radius 2 is 1.84 bits per heavy atom. The highest BCUT2D eigenvalue weighted by molar-refractivity contribution is 9.10. The maximum absolute atomic E-state index is 12.7. The number of rotatable bonds is 4. The van der Waals surface area contributed by atoms with Gasteiger partial charge >= 0.3 is 5.97 Å². The van der Waals surface area contributed by atoms with Crippen molar-refractivity contribution < 1.29 is 14.3 Å². The highest BCUT2D eigenvalue weighted by atomic mass is 79.9. The van der Waals surface area contributed by atoms with Gasteiger partial charge in [-0.3, -0.25) is 4.79 Å². The molecule has 0 radical (unpaired) electrons. The van der Waals surface area contributed by atoms with Crippen LogP contribution in [0.3, 0.4) is 0 Å². The average Bonchev–Trinajstić information content (AvgIpc) is 3.15. The fourth-order valence-electron chi connectivity index (χ4n) is 2.95. The van der Waals surface area contributed by atoms with Crippen molar-refractivity contribution in [1.82, 2.24) is 0 Å². The van der Waals surface area contributed by atoms with Crippen LogP contribution in [0.1, 0.15) is 33.6 Å². The molecule has 1 fully saturated rings. The van der Waals surface area contributed by atoms with E-state index in [0.717, 1.165) is 36.1 Å². The second-order valence-corrected chi connectivity index (χ2v) is 6.71. The van der Waals surface area contributed by atoms with Crippen molar-refractivity contribution >= 4 is 39.2 Å². The number of nitrogens with zero attached hydrogens (tertiary/aromatic N) is 1. The fourth-order valence-corrected chi connectivity index (χ4v) is 3.41. The standard InChI is InChI=1S/C19H19BrN2O3/c1-25-19(24)13-8-9-17(22-10-4-5-11-22)16(12-13)21-18(23)14-6-2-3-7-15(14)20/h2-3,6-9,12H,4-5,10-11H2,1H3,(H,21,23). The van der Waals surface area contributed by atoms with Crippen molar-refractivity contribution in [3.8, 4) is 0 Å². The quantitative estimate of drug-likeness (QED) is 0.782. The molecule has 0 spiro atoms. The molecule has 1 aliphatic heterocycles. The Balaban J connectivity index is 1.95. The predicted octanol–water partition coefficient (Wildman–Crippen LogP) is 4.09. The maximum Gasteiger partial charge on any atom is 0.337 e. The minimum Gasteiger partial charge on any atom is -0.465 e. The van der Waals surface area contributed by atoms with Crippen LogP contribution in [0, 0.1) is 0 Å². The number of halogens is 1. The Bertz CT molecular complexity index is 801. The molecule has 0 saturated carbocycles. The first-order chi connectivity index (χ1) is 12.1. The maximum atomic E-state index is 12.7. The summed E-state index contributed by atoms with van der Waals surface area (Å²) in [6.45, 7) is 1.88. The first-order valence-corrected chi connectivity index (χ1v) is 8.92. The number of esters is 1. The lowest BCUT2D eigenvalue weighted by Crippen LogP contribution is -2.22. The van der Waals surface area contributed by atoms with Gasteiger partial charge in [-0.05, 0) is 59.1 Å². The molecular weight excluding hydrogens is 384 g/mol. The lowest BCUT2D eigenvalue weighted by molar-refractivity contribution is 0.0600. The Labute approximate surface area is 155 Å². The lowest BCUT2D eigenvalue weighted by Gasteiger charge is -2.22. The molecule has 1 saturated heterocycles. The number of methoxy groups -OCH3 is 1. The summed E-state index contributed by atoms with van der Waals surface area (Å²) in [6, 6.07) is 12.5. The summed E-state index contributed by atoms with van der Waals surface area (Å²) in [5.41, 5.74) is 2.49. The molecule has 1 N–H and O–H groups in total. The molecule has 3 rings (SSSR count). The van der Waals surface area contributed by atoms with Crippen molar-refractivity contribution in [3.63, 3.8) is 0 Å². The average molecular weight is 403 g/mol. The number of carbonyl (C=O) groups is 2. The Morgan fingerprint density at radius 1 is 1.12 bits per heavy atom. The zero-order valence-corrected chi connectivity index (χ0v) is 15.5. The first kappa shape index (κ1) is 17.5. The minimum absolute atomic E-state index is 0.227. The van der Waals surface area contributed by atoms with Gasteiger partial charge < -0.3 is 15.0 Å². The van der Waals surface area contributed by atoms with Gasteiger partial charge in [0.25, 0.3) is 5.91 Å². The summed E-state index contributed by atoms with van der Waals surface area (Å²) < 4.78 is 5.51. The van der Waals surface area contributed by atoms with E-state index in [9.17, 15) is 9.59 Å². The number of amides is 1. The van der Waals surface area contributed by atoms with Crippen molar-refractivity contribution in [2.45, 2.75) is 12.8 Å². The summed E-state index contributed by atoms with van der Waals surface area (Å²) in [5, 5.41) is 2.95. The van der Waals surface area contributed by atoms with E-state index in [1.165, 1.54) is 7.11 Å². The smallest absolute Gasteiger partial charge is 0.337 e. The Hall–Kier alpha value is -2.34. The first-order valence-electron chi connectivity index (χ1n) is 8.13. The van der Waals surface area contributed by atoms with E-state index in [4.69, 9.17) is 4.74 Å². The van der Waals surface area contributed by atoms with Gasteiger partial charge in [0.1, 0.15) is 0 Å². The monoisotopic (exact) mass is 402 g/mol. The second-order valence-electron chi connectivity index (χ2n) is 5.85. The van der Waals surface area contributed by atoms with Gasteiger partial charge in [-0.2, -0.15) is 0 Å².